The Bertz CT molecular complexity index is 3040. The van der Waals surface area contributed by atoms with Gasteiger partial charge in [-0.15, -0.1) is 0 Å². The molecule has 0 saturated heterocycles. The lowest BCUT2D eigenvalue weighted by Gasteiger charge is -2.36. The zero-order valence-electron chi connectivity index (χ0n) is 46.6. The van der Waals surface area contributed by atoms with E-state index in [-0.39, 0.29) is 29.8 Å². The molecule has 4 aromatic heterocycles. The number of isocyanates is 1. The van der Waals surface area contributed by atoms with E-state index >= 15 is 0 Å². The molecule has 8 rings (SSSR count). The number of urea groups is 1. The number of nitrogens with zero attached hydrogens (tertiary/aromatic N) is 8. The van der Waals surface area contributed by atoms with Gasteiger partial charge >= 0.3 is 18.4 Å². The van der Waals surface area contributed by atoms with E-state index in [4.69, 9.17) is 57.9 Å². The minimum atomic E-state index is -4.64. The summed E-state index contributed by atoms with van der Waals surface area (Å²) >= 11 is 23.7. The van der Waals surface area contributed by atoms with E-state index in [9.17, 15) is 35.9 Å². The van der Waals surface area contributed by atoms with Gasteiger partial charge in [-0.25, -0.2) is 24.5 Å². The van der Waals surface area contributed by atoms with Crippen molar-refractivity contribution >= 4 is 92.0 Å². The first kappa shape index (κ1) is 67.3. The number of hydrogen-bond acceptors (Lipinski definition) is 14. The first-order valence-electron chi connectivity index (χ1n) is 26.3. The van der Waals surface area contributed by atoms with Crippen molar-refractivity contribution in [2.24, 2.45) is 16.5 Å². The number of aromatic amines is 2. The summed E-state index contributed by atoms with van der Waals surface area (Å²) < 4.78 is 78.5. The van der Waals surface area contributed by atoms with Gasteiger partial charge in [-0.2, -0.15) is 26.3 Å². The van der Waals surface area contributed by atoms with Gasteiger partial charge < -0.3 is 57.4 Å². The monoisotopic (exact) mass is 1230 g/mol. The van der Waals surface area contributed by atoms with Gasteiger partial charge in [0.2, 0.25) is 6.08 Å². The fourth-order valence-corrected chi connectivity index (χ4v) is 9.91. The number of halogens is 10. The number of rotatable bonds is 19. The third kappa shape index (κ3) is 20.1. The molecule has 450 valence electrons. The van der Waals surface area contributed by atoms with Crippen LogP contribution in [0.5, 0.6) is 0 Å². The second-order valence-electron chi connectivity index (χ2n) is 20.0. The van der Waals surface area contributed by atoms with Gasteiger partial charge in [0.25, 0.3) is 0 Å². The van der Waals surface area contributed by atoms with Gasteiger partial charge in [0, 0.05) is 128 Å². The molecule has 0 aliphatic carbocycles. The Balaban J connectivity index is 0.000000248. The molecule has 6 aromatic rings. The summed E-state index contributed by atoms with van der Waals surface area (Å²) in [4.78, 5) is 49.9. The molecular weight excluding hydrogens is 1160 g/mol. The summed E-state index contributed by atoms with van der Waals surface area (Å²) in [6, 6.07) is 16.3. The van der Waals surface area contributed by atoms with E-state index in [1.165, 1.54) is 35.9 Å². The van der Waals surface area contributed by atoms with E-state index in [2.05, 4.69) is 60.9 Å². The van der Waals surface area contributed by atoms with Crippen LogP contribution in [-0.2, 0) is 30.0 Å². The predicted molar refractivity (Wildman–Crippen MR) is 316 cm³/mol. The number of carbonyl (C=O) groups is 1. The summed E-state index contributed by atoms with van der Waals surface area (Å²) in [6.45, 7) is 8.48. The highest BCUT2D eigenvalue weighted by molar-refractivity contribution is 6.32. The molecule has 0 fully saturated rings. The van der Waals surface area contributed by atoms with Crippen LogP contribution >= 0.6 is 46.4 Å². The van der Waals surface area contributed by atoms with Crippen LogP contribution in [-0.4, -0.2) is 190 Å². The maximum absolute atomic E-state index is 13.2. The van der Waals surface area contributed by atoms with Gasteiger partial charge in [0.1, 0.15) is 11.6 Å². The number of nitrogens with two attached hydrogens (primary N) is 2. The first-order valence-corrected chi connectivity index (χ1v) is 27.8. The van der Waals surface area contributed by atoms with E-state index in [1.807, 2.05) is 88.5 Å². The molecule has 0 radical (unpaired) electrons. The number of carbonyl (C=O) groups excluding carboxylic acids is 2. The molecule has 2 aromatic carbocycles. The van der Waals surface area contributed by atoms with Crippen molar-refractivity contribution in [2.75, 3.05) is 145 Å². The van der Waals surface area contributed by atoms with E-state index in [0.717, 1.165) is 84.3 Å². The van der Waals surface area contributed by atoms with Gasteiger partial charge in [0.15, 0.2) is 11.4 Å². The Morgan fingerprint density at radius 1 is 0.671 bits per heavy atom. The van der Waals surface area contributed by atoms with Crippen molar-refractivity contribution in [1.29, 1.82) is 0 Å². The Kier molecular flexibility index (Phi) is 26.3. The molecular formula is C54H72Cl4F6N16O2. The standard InChI is InChI=1S/C25H30Cl2F3N7O.C20H20Cl2F3N5.C5H10N2O.C4H12N2/c1-36(2)11-8-32-24(38)33-14-20-22-16(17-13-15(26)3-5-19(17)34-22)7-10-37(20)12-9-31-21-6-4-18(27)23(35-21)25(28,29)30;21-11-1-3-15-13(9-11)12-5-7-30(16(10-26)18(12)28-15)8-6-27-17-4-2-14(22)19(29-17)20(23,24)25;1-7(2)4-3-6-5-8;1-6(2)4-3-5/h3-6,13,20,34H,7-12,14H2,1-2H3,(H,31,35)(H2,32,33,38);1-4,9,16,28H,5-8,10,26H2,(H,27,29);3-4H2,1-2H3;3-5H2,1-2H3. The molecule has 2 aliphatic rings. The van der Waals surface area contributed by atoms with Crippen LogP contribution in [0.15, 0.2) is 65.7 Å². The molecule has 18 nitrogen and oxygen atoms in total. The Morgan fingerprint density at radius 3 is 1.55 bits per heavy atom. The lowest BCUT2D eigenvalue weighted by molar-refractivity contribution is -0.141. The fraction of sp³-hybridized carbons (Fsp3) is 0.481. The van der Waals surface area contributed by atoms with Crippen LogP contribution in [0.1, 0.15) is 46.0 Å². The SMILES string of the molecule is CN(C)CCN.CN(C)CCN=C=O.CN(C)CCNC(=O)NCC1c2[nH]c3ccc(Cl)cc3c2CCN1CCNc1ccc(Cl)c(C(F)(F)F)n1.NCC1c2[nH]c3ccc(Cl)cc3c2CCN1CCNc1ccc(Cl)c(C(F)(F)F)n1. The summed E-state index contributed by atoms with van der Waals surface area (Å²) in [5, 5.41) is 14.4. The normalized spacial score (nSPS) is 15.4. The van der Waals surface area contributed by atoms with Gasteiger partial charge in [-0.1, -0.05) is 46.4 Å². The Morgan fingerprint density at radius 2 is 1.13 bits per heavy atom. The topological polar surface area (TPSA) is 220 Å². The van der Waals surface area contributed by atoms with E-state index < -0.39 is 33.8 Å². The number of anilines is 2. The molecule has 0 saturated carbocycles. The fourth-order valence-electron chi connectivity index (χ4n) is 9.14. The first-order chi connectivity index (χ1) is 38.8. The van der Waals surface area contributed by atoms with Crippen LogP contribution in [0.25, 0.3) is 21.8 Å². The van der Waals surface area contributed by atoms with Crippen LogP contribution < -0.4 is 32.7 Å². The second kappa shape index (κ2) is 32.0. The van der Waals surface area contributed by atoms with Crippen LogP contribution in [0.4, 0.5) is 42.8 Å². The van der Waals surface area contributed by atoms with Gasteiger partial charge in [0.05, 0.1) is 28.7 Å². The lowest BCUT2D eigenvalue weighted by atomic mass is 9.97. The molecule has 28 heteroatoms. The largest absolute Gasteiger partial charge is 0.434 e. The minimum absolute atomic E-state index is 0.00867. The number of pyridine rings is 2. The lowest BCUT2D eigenvalue weighted by Crippen LogP contribution is -2.46. The quantitative estimate of drug-likeness (QED) is 0.0216. The summed E-state index contributed by atoms with van der Waals surface area (Å²) in [6.07, 6.45) is -6.16. The Hall–Kier alpha value is -5.47. The molecule has 6 heterocycles. The molecule has 2 aliphatic heterocycles. The highest BCUT2D eigenvalue weighted by Gasteiger charge is 2.37. The molecule has 2 amide bonds. The third-order valence-corrected chi connectivity index (χ3v) is 14.2. The number of aromatic nitrogens is 4. The van der Waals surface area contributed by atoms with Crippen LogP contribution in [0, 0.1) is 0 Å². The van der Waals surface area contributed by atoms with Crippen molar-refractivity contribution < 1.29 is 35.9 Å². The molecule has 10 N–H and O–H groups in total. The highest BCUT2D eigenvalue weighted by Crippen LogP contribution is 2.38. The number of alkyl halides is 6. The number of H-pyrrole nitrogens is 2. The average molecular weight is 1230 g/mol. The second-order valence-corrected chi connectivity index (χ2v) is 21.7. The van der Waals surface area contributed by atoms with Gasteiger partial charge in [-0.3, -0.25) is 9.80 Å². The highest BCUT2D eigenvalue weighted by atomic mass is 35.5. The van der Waals surface area contributed by atoms with Gasteiger partial charge in [-0.05, 0) is 127 Å². The van der Waals surface area contributed by atoms with E-state index in [0.29, 0.717) is 68.9 Å². The summed E-state index contributed by atoms with van der Waals surface area (Å²) in [5.41, 5.74) is 15.5. The molecule has 2 unspecified atom stereocenters. The number of fused-ring (bicyclic) bond motifs is 6. The molecule has 0 spiro atoms. The number of amides is 2. The van der Waals surface area contributed by atoms with E-state index in [1.54, 1.807) is 0 Å². The molecule has 0 bridgehead atoms. The van der Waals surface area contributed by atoms with Crippen molar-refractivity contribution in [2.45, 2.75) is 37.3 Å². The summed E-state index contributed by atoms with van der Waals surface area (Å²) in [5.74, 6) is 0.226. The van der Waals surface area contributed by atoms with Crippen molar-refractivity contribution in [3.63, 3.8) is 0 Å². The summed E-state index contributed by atoms with van der Waals surface area (Å²) in [7, 11) is 11.7. The predicted octanol–water partition coefficient (Wildman–Crippen LogP) is 9.01. The number of aliphatic imine (C=N–C) groups is 1. The van der Waals surface area contributed by atoms with Crippen LogP contribution in [0.3, 0.4) is 0 Å². The number of likely N-dealkylation sites (N-methyl/N-ethyl adjacent to an activating group) is 3. The van der Waals surface area contributed by atoms with Crippen LogP contribution in [0.2, 0.25) is 20.1 Å². The maximum atomic E-state index is 13.2. The van der Waals surface area contributed by atoms with Crippen molar-refractivity contribution in [3.8, 4) is 0 Å². The maximum Gasteiger partial charge on any atom is 0.434 e. The molecule has 82 heavy (non-hydrogen) atoms. The zero-order valence-corrected chi connectivity index (χ0v) is 49.6. The third-order valence-electron chi connectivity index (χ3n) is 13.1. The smallest absolute Gasteiger partial charge is 0.369 e. The minimum Gasteiger partial charge on any atom is -0.369 e. The van der Waals surface area contributed by atoms with Crippen molar-refractivity contribution in [3.05, 3.63) is 115 Å². The molecule has 2 atom stereocenters. The Labute approximate surface area is 493 Å². The number of benzene rings is 2. The van der Waals surface area contributed by atoms with Crippen molar-refractivity contribution in [1.82, 2.24) is 55.1 Å². The number of hydrogen-bond donors (Lipinski definition) is 8. The zero-order chi connectivity index (χ0) is 60.3. The average Bonchev–Trinajstić information content (AvgIpc) is 2.78. The number of nitrogens with one attached hydrogen (secondary N) is 6.